The van der Waals surface area contributed by atoms with Crippen LogP contribution in [0.4, 0.5) is 19.4 Å². The first-order chi connectivity index (χ1) is 11.5. The molecule has 1 saturated carbocycles. The van der Waals surface area contributed by atoms with Crippen LogP contribution >= 0.6 is 11.3 Å². The zero-order valence-electron chi connectivity index (χ0n) is 12.9. The van der Waals surface area contributed by atoms with Crippen LogP contribution in [0, 0.1) is 0 Å². The SMILES string of the molecule is O=C(NC1CC(F)(F)C1)N1CCN(c2ncnc3ccsc23)CC1. The number of thiophene rings is 1. The highest BCUT2D eigenvalue weighted by molar-refractivity contribution is 7.17. The van der Waals surface area contributed by atoms with Crippen LogP contribution in [0.25, 0.3) is 10.2 Å². The number of amides is 2. The van der Waals surface area contributed by atoms with Gasteiger partial charge in [0.25, 0.3) is 5.92 Å². The van der Waals surface area contributed by atoms with Gasteiger partial charge in [0.05, 0.1) is 10.2 Å². The lowest BCUT2D eigenvalue weighted by Crippen LogP contribution is -2.57. The van der Waals surface area contributed by atoms with Crippen molar-refractivity contribution in [1.82, 2.24) is 20.2 Å². The van der Waals surface area contributed by atoms with Gasteiger partial charge in [0.2, 0.25) is 0 Å². The van der Waals surface area contributed by atoms with Crippen molar-refractivity contribution in [2.75, 3.05) is 31.1 Å². The van der Waals surface area contributed by atoms with Gasteiger partial charge in [-0.2, -0.15) is 0 Å². The zero-order chi connectivity index (χ0) is 16.7. The first kappa shape index (κ1) is 15.5. The number of rotatable bonds is 2. The second-order valence-corrected chi connectivity index (χ2v) is 7.13. The first-order valence-electron chi connectivity index (χ1n) is 7.88. The van der Waals surface area contributed by atoms with Crippen LogP contribution in [-0.4, -0.2) is 59.0 Å². The smallest absolute Gasteiger partial charge is 0.317 e. The number of halogens is 2. The maximum atomic E-state index is 12.8. The number of carbonyl (C=O) groups excluding carboxylic acids is 1. The summed E-state index contributed by atoms with van der Waals surface area (Å²) in [5.41, 5.74) is 0.927. The molecule has 0 atom stereocenters. The van der Waals surface area contributed by atoms with Gasteiger partial charge in [-0.3, -0.25) is 0 Å². The van der Waals surface area contributed by atoms with Gasteiger partial charge in [-0.05, 0) is 11.4 Å². The lowest BCUT2D eigenvalue weighted by Gasteiger charge is -2.39. The van der Waals surface area contributed by atoms with Crippen LogP contribution in [-0.2, 0) is 0 Å². The Bertz CT molecular complexity index is 751. The summed E-state index contributed by atoms with van der Waals surface area (Å²) in [6.07, 6.45) is 1.05. The van der Waals surface area contributed by atoms with Crippen molar-refractivity contribution in [3.05, 3.63) is 17.8 Å². The third-order valence-corrected chi connectivity index (χ3v) is 5.41. The molecule has 128 valence electrons. The van der Waals surface area contributed by atoms with Gasteiger partial charge in [-0.1, -0.05) is 0 Å². The largest absolute Gasteiger partial charge is 0.352 e. The third kappa shape index (κ3) is 2.88. The highest BCUT2D eigenvalue weighted by atomic mass is 32.1. The molecule has 6 nitrogen and oxygen atoms in total. The molecule has 0 unspecified atom stereocenters. The van der Waals surface area contributed by atoms with E-state index in [2.05, 4.69) is 20.2 Å². The highest BCUT2D eigenvalue weighted by Gasteiger charge is 2.46. The van der Waals surface area contributed by atoms with E-state index in [0.717, 1.165) is 16.0 Å². The topological polar surface area (TPSA) is 61.4 Å². The van der Waals surface area contributed by atoms with Gasteiger partial charge in [0, 0.05) is 45.1 Å². The van der Waals surface area contributed by atoms with E-state index >= 15 is 0 Å². The Balaban J connectivity index is 1.35. The number of carbonyl (C=O) groups is 1. The molecular weight excluding hydrogens is 336 g/mol. The second-order valence-electron chi connectivity index (χ2n) is 6.22. The Hall–Kier alpha value is -2.03. The van der Waals surface area contributed by atoms with Gasteiger partial charge < -0.3 is 15.1 Å². The minimum absolute atomic E-state index is 0.251. The maximum Gasteiger partial charge on any atom is 0.317 e. The standard InChI is InChI=1S/C15H17F2N5OS/c16-15(17)7-10(8-15)20-14(23)22-4-2-21(3-5-22)13-12-11(1-6-24-12)18-9-19-13/h1,6,9-10H,2-5,7-8H2,(H,20,23). The lowest BCUT2D eigenvalue weighted by molar-refractivity contribution is -0.0902. The number of nitrogens with zero attached hydrogens (tertiary/aromatic N) is 4. The Morgan fingerprint density at radius 1 is 1.25 bits per heavy atom. The molecular formula is C15H17F2N5OS. The number of hydrogen-bond donors (Lipinski definition) is 1. The van der Waals surface area contributed by atoms with E-state index in [0.29, 0.717) is 26.2 Å². The molecule has 1 aliphatic heterocycles. The van der Waals surface area contributed by atoms with Crippen molar-refractivity contribution in [3.8, 4) is 0 Å². The fourth-order valence-corrected chi connectivity index (χ4v) is 4.01. The summed E-state index contributed by atoms with van der Waals surface area (Å²) in [4.78, 5) is 24.6. The fraction of sp³-hybridized carbons (Fsp3) is 0.533. The molecule has 24 heavy (non-hydrogen) atoms. The molecule has 0 spiro atoms. The number of urea groups is 1. The number of hydrogen-bond acceptors (Lipinski definition) is 5. The molecule has 0 radical (unpaired) electrons. The summed E-state index contributed by atoms with van der Waals surface area (Å²) >= 11 is 1.60. The van der Waals surface area contributed by atoms with Crippen LogP contribution < -0.4 is 10.2 Å². The van der Waals surface area contributed by atoms with Crippen LogP contribution in [0.1, 0.15) is 12.8 Å². The van der Waals surface area contributed by atoms with E-state index in [1.165, 1.54) is 0 Å². The van der Waals surface area contributed by atoms with Crippen LogP contribution in [0.5, 0.6) is 0 Å². The molecule has 2 amide bonds. The molecule has 4 rings (SSSR count). The third-order valence-electron chi connectivity index (χ3n) is 4.51. The Labute approximate surface area is 141 Å². The summed E-state index contributed by atoms with van der Waals surface area (Å²) in [5.74, 6) is -1.72. The number of nitrogens with one attached hydrogen (secondary N) is 1. The van der Waals surface area contributed by atoms with Crippen molar-refractivity contribution in [1.29, 1.82) is 0 Å². The highest BCUT2D eigenvalue weighted by Crippen LogP contribution is 2.37. The Kier molecular flexibility index (Phi) is 3.75. The molecule has 1 aliphatic carbocycles. The van der Waals surface area contributed by atoms with Gasteiger partial charge in [0.1, 0.15) is 12.1 Å². The van der Waals surface area contributed by atoms with Crippen molar-refractivity contribution in [2.45, 2.75) is 24.8 Å². The van der Waals surface area contributed by atoms with E-state index in [1.54, 1.807) is 22.6 Å². The predicted octanol–water partition coefficient (Wildman–Crippen LogP) is 2.32. The minimum Gasteiger partial charge on any atom is -0.352 e. The molecule has 2 fully saturated rings. The summed E-state index contributed by atoms with van der Waals surface area (Å²) in [7, 11) is 0. The summed E-state index contributed by atoms with van der Waals surface area (Å²) in [6.45, 7) is 2.42. The van der Waals surface area contributed by atoms with E-state index in [4.69, 9.17) is 0 Å². The summed E-state index contributed by atoms with van der Waals surface area (Å²) < 4.78 is 26.7. The van der Waals surface area contributed by atoms with Crippen LogP contribution in [0.3, 0.4) is 0 Å². The second kappa shape index (κ2) is 5.80. The molecule has 1 saturated heterocycles. The number of aromatic nitrogens is 2. The fourth-order valence-electron chi connectivity index (χ4n) is 3.15. The Morgan fingerprint density at radius 2 is 2.00 bits per heavy atom. The predicted molar refractivity (Wildman–Crippen MR) is 87.7 cm³/mol. The van der Waals surface area contributed by atoms with Gasteiger partial charge >= 0.3 is 6.03 Å². The monoisotopic (exact) mass is 353 g/mol. The minimum atomic E-state index is -2.62. The Morgan fingerprint density at radius 3 is 2.71 bits per heavy atom. The maximum absolute atomic E-state index is 12.8. The summed E-state index contributed by atoms with van der Waals surface area (Å²) in [5, 5.41) is 4.67. The van der Waals surface area contributed by atoms with Gasteiger partial charge in [0.15, 0.2) is 0 Å². The number of fused-ring (bicyclic) bond motifs is 1. The lowest BCUT2D eigenvalue weighted by atomic mass is 9.88. The van der Waals surface area contributed by atoms with Crippen molar-refractivity contribution in [2.24, 2.45) is 0 Å². The number of anilines is 1. The van der Waals surface area contributed by atoms with E-state index < -0.39 is 12.0 Å². The van der Waals surface area contributed by atoms with Gasteiger partial charge in [-0.25, -0.2) is 23.5 Å². The van der Waals surface area contributed by atoms with Gasteiger partial charge in [-0.15, -0.1) is 11.3 Å². The molecule has 0 aromatic carbocycles. The first-order valence-corrected chi connectivity index (χ1v) is 8.76. The van der Waals surface area contributed by atoms with Crippen molar-refractivity contribution >= 4 is 33.4 Å². The normalized spacial score (nSPS) is 20.9. The van der Waals surface area contributed by atoms with Crippen molar-refractivity contribution < 1.29 is 13.6 Å². The quantitative estimate of drug-likeness (QED) is 0.900. The number of piperazine rings is 1. The van der Waals surface area contributed by atoms with Crippen LogP contribution in [0.2, 0.25) is 0 Å². The average molecular weight is 353 g/mol. The molecule has 2 aromatic rings. The number of alkyl halides is 2. The van der Waals surface area contributed by atoms with Crippen LogP contribution in [0.15, 0.2) is 17.8 Å². The molecule has 2 aromatic heterocycles. The summed E-state index contributed by atoms with van der Waals surface area (Å²) in [6, 6.07) is 1.31. The molecule has 9 heteroatoms. The zero-order valence-corrected chi connectivity index (χ0v) is 13.7. The van der Waals surface area contributed by atoms with E-state index in [9.17, 15) is 13.6 Å². The van der Waals surface area contributed by atoms with E-state index in [1.807, 2.05) is 11.4 Å². The molecule has 0 bridgehead atoms. The van der Waals surface area contributed by atoms with E-state index in [-0.39, 0.29) is 18.9 Å². The molecule has 2 aliphatic rings. The molecule has 1 N–H and O–H groups in total. The van der Waals surface area contributed by atoms with Crippen molar-refractivity contribution in [3.63, 3.8) is 0 Å². The average Bonchev–Trinajstić information content (AvgIpc) is 3.02. The molecule has 3 heterocycles.